The summed E-state index contributed by atoms with van der Waals surface area (Å²) in [6.45, 7) is 4.54. The van der Waals surface area contributed by atoms with Crippen LogP contribution in [0.3, 0.4) is 0 Å². The van der Waals surface area contributed by atoms with Crippen molar-refractivity contribution in [2.45, 2.75) is 26.8 Å². The highest BCUT2D eigenvalue weighted by atomic mass is 79.9. The van der Waals surface area contributed by atoms with E-state index in [1.807, 2.05) is 13.8 Å². The Labute approximate surface area is 79.9 Å². The van der Waals surface area contributed by atoms with Gasteiger partial charge in [-0.25, -0.2) is 0 Å². The van der Waals surface area contributed by atoms with Gasteiger partial charge in [0.2, 0.25) is 0 Å². The fraction of sp³-hybridized carbons (Fsp3) is 0.500. The Bertz CT molecular complexity index is 293. The van der Waals surface area contributed by atoms with Crippen LogP contribution in [-0.2, 0) is 6.54 Å². The Morgan fingerprint density at radius 3 is 2.83 bits per heavy atom. The summed E-state index contributed by atoms with van der Waals surface area (Å²) in [7, 11) is 0. The van der Waals surface area contributed by atoms with Crippen LogP contribution in [0.15, 0.2) is 10.7 Å². The topological polar surface area (TPSA) is 34.9 Å². The van der Waals surface area contributed by atoms with Gasteiger partial charge in [0.15, 0.2) is 5.78 Å². The standard InChI is InChI=1S/C8H11BrN2O/c1-3-7(12)8-6(9)5-10-11(8)4-2/h5H,3-4H2,1-2H3. The number of ketones is 1. The Hall–Kier alpha value is -0.640. The van der Waals surface area contributed by atoms with Gasteiger partial charge < -0.3 is 0 Å². The number of hydrogen-bond acceptors (Lipinski definition) is 2. The fourth-order valence-electron chi connectivity index (χ4n) is 1.05. The minimum absolute atomic E-state index is 0.126. The Morgan fingerprint density at radius 2 is 2.33 bits per heavy atom. The molecule has 1 rings (SSSR count). The largest absolute Gasteiger partial charge is 0.292 e. The first-order valence-corrected chi connectivity index (χ1v) is 4.74. The van der Waals surface area contributed by atoms with Crippen LogP contribution in [0.1, 0.15) is 30.8 Å². The molecule has 0 atom stereocenters. The van der Waals surface area contributed by atoms with Crippen LogP contribution >= 0.6 is 15.9 Å². The van der Waals surface area contributed by atoms with Gasteiger partial charge in [-0.1, -0.05) is 6.92 Å². The van der Waals surface area contributed by atoms with Gasteiger partial charge in [0.25, 0.3) is 0 Å². The number of nitrogens with zero attached hydrogens (tertiary/aromatic N) is 2. The molecule has 1 heterocycles. The molecule has 0 bridgehead atoms. The van der Waals surface area contributed by atoms with Crippen LogP contribution in [0.25, 0.3) is 0 Å². The number of carbonyl (C=O) groups is 1. The van der Waals surface area contributed by atoms with E-state index in [9.17, 15) is 4.79 Å². The number of aromatic nitrogens is 2. The number of carbonyl (C=O) groups excluding carboxylic acids is 1. The van der Waals surface area contributed by atoms with E-state index in [2.05, 4.69) is 21.0 Å². The third-order valence-corrected chi connectivity index (χ3v) is 2.26. The van der Waals surface area contributed by atoms with Crippen molar-refractivity contribution >= 4 is 21.7 Å². The molecule has 0 amide bonds. The molecule has 0 saturated heterocycles. The van der Waals surface area contributed by atoms with E-state index in [0.717, 1.165) is 11.0 Å². The van der Waals surface area contributed by atoms with Crippen molar-refractivity contribution in [3.05, 3.63) is 16.4 Å². The first kappa shape index (κ1) is 9.45. The van der Waals surface area contributed by atoms with Crippen molar-refractivity contribution < 1.29 is 4.79 Å². The summed E-state index contributed by atoms with van der Waals surface area (Å²) in [5.74, 6) is 0.126. The molecular formula is C8H11BrN2O. The molecule has 0 saturated carbocycles. The van der Waals surface area contributed by atoms with Crippen molar-refractivity contribution in [2.24, 2.45) is 0 Å². The van der Waals surface area contributed by atoms with E-state index in [-0.39, 0.29) is 5.78 Å². The second-order valence-electron chi connectivity index (χ2n) is 2.43. The van der Waals surface area contributed by atoms with E-state index < -0.39 is 0 Å². The lowest BCUT2D eigenvalue weighted by Gasteiger charge is -2.01. The second kappa shape index (κ2) is 3.85. The third kappa shape index (κ3) is 1.58. The lowest BCUT2D eigenvalue weighted by Crippen LogP contribution is -2.08. The molecule has 1 aromatic heterocycles. The molecule has 1 aromatic rings. The van der Waals surface area contributed by atoms with Gasteiger partial charge in [-0.15, -0.1) is 0 Å². The molecule has 0 spiro atoms. The molecule has 12 heavy (non-hydrogen) atoms. The van der Waals surface area contributed by atoms with Crippen molar-refractivity contribution in [1.29, 1.82) is 0 Å². The van der Waals surface area contributed by atoms with Crippen molar-refractivity contribution in [3.63, 3.8) is 0 Å². The molecule has 0 fully saturated rings. The van der Waals surface area contributed by atoms with E-state index in [4.69, 9.17) is 0 Å². The maximum absolute atomic E-state index is 11.4. The van der Waals surface area contributed by atoms with Crippen molar-refractivity contribution in [2.75, 3.05) is 0 Å². The minimum atomic E-state index is 0.126. The zero-order chi connectivity index (χ0) is 9.14. The number of rotatable bonds is 3. The zero-order valence-corrected chi connectivity index (χ0v) is 8.76. The molecule has 0 unspecified atom stereocenters. The second-order valence-corrected chi connectivity index (χ2v) is 3.29. The molecule has 0 N–H and O–H groups in total. The molecule has 0 aliphatic heterocycles. The summed E-state index contributed by atoms with van der Waals surface area (Å²) in [4.78, 5) is 11.4. The molecule has 0 aliphatic rings. The summed E-state index contributed by atoms with van der Waals surface area (Å²) in [5.41, 5.74) is 0.681. The average molecular weight is 231 g/mol. The quantitative estimate of drug-likeness (QED) is 0.748. The van der Waals surface area contributed by atoms with Crippen LogP contribution in [0.2, 0.25) is 0 Å². The first-order valence-electron chi connectivity index (χ1n) is 3.95. The number of Topliss-reactive ketones (excluding diaryl/α,β-unsaturated/α-hetero) is 1. The van der Waals surface area contributed by atoms with Crippen LogP contribution in [0.4, 0.5) is 0 Å². The number of halogens is 1. The SMILES string of the molecule is CCC(=O)c1c(Br)cnn1CC. The fourth-order valence-corrected chi connectivity index (χ4v) is 1.56. The van der Waals surface area contributed by atoms with E-state index >= 15 is 0 Å². The highest BCUT2D eigenvalue weighted by molar-refractivity contribution is 9.10. The smallest absolute Gasteiger partial charge is 0.181 e. The predicted octanol–water partition coefficient (Wildman–Crippen LogP) is 2.26. The van der Waals surface area contributed by atoms with Crippen molar-refractivity contribution in [3.8, 4) is 0 Å². The van der Waals surface area contributed by atoms with Gasteiger partial charge in [0.1, 0.15) is 5.69 Å². The van der Waals surface area contributed by atoms with Gasteiger partial charge in [-0.05, 0) is 22.9 Å². The van der Waals surface area contributed by atoms with Crippen LogP contribution in [0.5, 0.6) is 0 Å². The Kier molecular flexibility index (Phi) is 3.03. The number of hydrogen-bond donors (Lipinski definition) is 0. The van der Waals surface area contributed by atoms with Crippen molar-refractivity contribution in [1.82, 2.24) is 9.78 Å². The van der Waals surface area contributed by atoms with Gasteiger partial charge >= 0.3 is 0 Å². The maximum Gasteiger partial charge on any atom is 0.181 e. The third-order valence-electron chi connectivity index (χ3n) is 1.68. The lowest BCUT2D eigenvalue weighted by molar-refractivity contribution is 0.0977. The maximum atomic E-state index is 11.4. The Balaban J connectivity index is 3.10. The van der Waals surface area contributed by atoms with Crippen LogP contribution in [0, 0.1) is 0 Å². The molecule has 3 nitrogen and oxygen atoms in total. The monoisotopic (exact) mass is 230 g/mol. The van der Waals surface area contributed by atoms with Gasteiger partial charge in [0.05, 0.1) is 10.7 Å². The summed E-state index contributed by atoms with van der Waals surface area (Å²) >= 11 is 3.30. The zero-order valence-electron chi connectivity index (χ0n) is 7.17. The predicted molar refractivity (Wildman–Crippen MR) is 50.2 cm³/mol. The van der Waals surface area contributed by atoms with Crippen LogP contribution in [-0.4, -0.2) is 15.6 Å². The highest BCUT2D eigenvalue weighted by Crippen LogP contribution is 2.17. The van der Waals surface area contributed by atoms with Gasteiger partial charge in [-0.3, -0.25) is 9.48 Å². The molecule has 0 aromatic carbocycles. The summed E-state index contributed by atoms with van der Waals surface area (Å²) in [5, 5.41) is 4.05. The minimum Gasteiger partial charge on any atom is -0.292 e. The first-order chi connectivity index (χ1) is 5.70. The normalized spacial score (nSPS) is 10.2. The lowest BCUT2D eigenvalue weighted by atomic mass is 10.2. The molecule has 0 radical (unpaired) electrons. The molecule has 4 heteroatoms. The molecule has 66 valence electrons. The average Bonchev–Trinajstić information content (AvgIpc) is 2.45. The van der Waals surface area contributed by atoms with Crippen LogP contribution < -0.4 is 0 Å². The van der Waals surface area contributed by atoms with E-state index in [0.29, 0.717) is 12.1 Å². The van der Waals surface area contributed by atoms with Gasteiger partial charge in [-0.2, -0.15) is 5.10 Å². The molecule has 0 aliphatic carbocycles. The number of aryl methyl sites for hydroxylation is 1. The summed E-state index contributed by atoms with van der Waals surface area (Å²) in [6, 6.07) is 0. The summed E-state index contributed by atoms with van der Waals surface area (Å²) < 4.78 is 2.49. The highest BCUT2D eigenvalue weighted by Gasteiger charge is 2.13. The van der Waals surface area contributed by atoms with E-state index in [1.165, 1.54) is 0 Å². The molecular weight excluding hydrogens is 220 g/mol. The summed E-state index contributed by atoms with van der Waals surface area (Å²) in [6.07, 6.45) is 2.18. The Morgan fingerprint density at radius 1 is 1.67 bits per heavy atom. The van der Waals surface area contributed by atoms with Gasteiger partial charge in [0, 0.05) is 13.0 Å². The van der Waals surface area contributed by atoms with E-state index in [1.54, 1.807) is 10.9 Å².